The third-order valence-electron chi connectivity index (χ3n) is 3.32. The third-order valence-corrected chi connectivity index (χ3v) is 4.15. The monoisotopic (exact) mass is 355 g/mol. The van der Waals surface area contributed by atoms with E-state index in [2.05, 4.69) is 26.2 Å². The van der Waals surface area contributed by atoms with Crippen LogP contribution in [0.25, 0.3) is 5.69 Å². The number of carbonyl (C=O) groups is 1. The van der Waals surface area contributed by atoms with Crippen molar-refractivity contribution in [3.8, 4) is 5.69 Å². The molecule has 0 atom stereocenters. The summed E-state index contributed by atoms with van der Waals surface area (Å²) in [4.78, 5) is 16.4. The lowest BCUT2D eigenvalue weighted by Crippen LogP contribution is -2.13. The molecule has 0 unspecified atom stereocenters. The fraction of sp³-hybridized carbons (Fsp3) is 0.0588. The van der Waals surface area contributed by atoms with Crippen LogP contribution >= 0.6 is 15.9 Å². The first kappa shape index (κ1) is 14.5. The maximum atomic E-state index is 12.2. The largest absolute Gasteiger partial charge is 0.324 e. The van der Waals surface area contributed by atoms with Gasteiger partial charge in [0.1, 0.15) is 5.82 Å². The molecule has 0 bridgehead atoms. The molecule has 3 rings (SSSR count). The number of hydrogen-bond acceptors (Lipinski definition) is 2. The zero-order valence-corrected chi connectivity index (χ0v) is 13.5. The second kappa shape index (κ2) is 6.15. The Balaban J connectivity index is 1.76. The Morgan fingerprint density at radius 2 is 1.86 bits per heavy atom. The molecule has 0 saturated carbocycles. The summed E-state index contributed by atoms with van der Waals surface area (Å²) < 4.78 is 2.91. The van der Waals surface area contributed by atoms with E-state index in [1.807, 2.05) is 54.2 Å². The van der Waals surface area contributed by atoms with Crippen molar-refractivity contribution in [2.75, 3.05) is 5.32 Å². The lowest BCUT2D eigenvalue weighted by Gasteiger charge is -2.07. The van der Waals surface area contributed by atoms with Gasteiger partial charge in [-0.3, -0.25) is 4.79 Å². The summed E-state index contributed by atoms with van der Waals surface area (Å²) >= 11 is 3.39. The van der Waals surface area contributed by atoms with Gasteiger partial charge >= 0.3 is 0 Å². The molecule has 2 aromatic heterocycles. The summed E-state index contributed by atoms with van der Waals surface area (Å²) in [6.45, 7) is 1.95. The van der Waals surface area contributed by atoms with E-state index in [9.17, 15) is 4.79 Å². The average molecular weight is 356 g/mol. The van der Waals surface area contributed by atoms with Gasteiger partial charge in [-0.15, -0.1) is 0 Å². The zero-order valence-electron chi connectivity index (χ0n) is 12.0. The van der Waals surface area contributed by atoms with Gasteiger partial charge in [-0.2, -0.15) is 0 Å². The highest BCUT2D eigenvalue weighted by atomic mass is 79.9. The molecule has 4 nitrogen and oxygen atoms in total. The standard InChI is InChI=1S/C17H14BrN3O/c1-12-10-16(19-11-15(12)18)20-17(22)13-4-6-14(7-5-13)21-8-2-3-9-21/h2-11H,1H3,(H,19,20,22). The van der Waals surface area contributed by atoms with E-state index < -0.39 is 0 Å². The van der Waals surface area contributed by atoms with Crippen LogP contribution in [0.15, 0.2) is 65.5 Å². The minimum absolute atomic E-state index is 0.173. The molecule has 1 aromatic carbocycles. The number of pyridine rings is 1. The molecule has 110 valence electrons. The molecule has 0 saturated heterocycles. The van der Waals surface area contributed by atoms with Gasteiger partial charge in [-0.05, 0) is 70.9 Å². The van der Waals surface area contributed by atoms with Gasteiger partial charge in [-0.1, -0.05) is 0 Å². The van der Waals surface area contributed by atoms with E-state index in [1.54, 1.807) is 18.3 Å². The van der Waals surface area contributed by atoms with Crippen LogP contribution in [-0.4, -0.2) is 15.5 Å². The van der Waals surface area contributed by atoms with E-state index in [0.717, 1.165) is 15.7 Å². The second-order valence-corrected chi connectivity index (χ2v) is 5.76. The summed E-state index contributed by atoms with van der Waals surface area (Å²) in [6.07, 6.45) is 5.60. The summed E-state index contributed by atoms with van der Waals surface area (Å²) in [6, 6.07) is 13.2. The van der Waals surface area contributed by atoms with Crippen LogP contribution < -0.4 is 5.32 Å². The number of carbonyl (C=O) groups excluding carboxylic acids is 1. The first-order chi connectivity index (χ1) is 10.6. The van der Waals surface area contributed by atoms with Crippen molar-refractivity contribution in [1.29, 1.82) is 0 Å². The topological polar surface area (TPSA) is 46.9 Å². The van der Waals surface area contributed by atoms with Gasteiger partial charge in [-0.25, -0.2) is 4.98 Å². The summed E-state index contributed by atoms with van der Waals surface area (Å²) in [5, 5.41) is 2.80. The van der Waals surface area contributed by atoms with E-state index in [1.165, 1.54) is 0 Å². The van der Waals surface area contributed by atoms with Gasteiger partial charge in [0.05, 0.1) is 0 Å². The SMILES string of the molecule is Cc1cc(NC(=O)c2ccc(-n3cccc3)cc2)ncc1Br. The molecule has 3 aromatic rings. The molecule has 0 spiro atoms. The molecular formula is C17H14BrN3O. The summed E-state index contributed by atoms with van der Waals surface area (Å²) in [5.41, 5.74) is 2.63. The fourth-order valence-electron chi connectivity index (χ4n) is 2.09. The smallest absolute Gasteiger partial charge is 0.256 e. The quantitative estimate of drug-likeness (QED) is 0.765. The minimum Gasteiger partial charge on any atom is -0.324 e. The highest BCUT2D eigenvalue weighted by Gasteiger charge is 2.08. The van der Waals surface area contributed by atoms with Crippen molar-refractivity contribution in [2.45, 2.75) is 6.92 Å². The molecule has 0 aliphatic carbocycles. The van der Waals surface area contributed by atoms with Crippen LogP contribution in [0.4, 0.5) is 5.82 Å². The summed E-state index contributed by atoms with van der Waals surface area (Å²) in [7, 11) is 0. The van der Waals surface area contributed by atoms with Crippen molar-refractivity contribution < 1.29 is 4.79 Å². The van der Waals surface area contributed by atoms with E-state index in [-0.39, 0.29) is 5.91 Å². The van der Waals surface area contributed by atoms with Crippen LogP contribution in [0.1, 0.15) is 15.9 Å². The van der Waals surface area contributed by atoms with Gasteiger partial charge in [0, 0.05) is 34.3 Å². The maximum Gasteiger partial charge on any atom is 0.256 e. The van der Waals surface area contributed by atoms with Crippen molar-refractivity contribution in [3.05, 3.63) is 76.7 Å². The van der Waals surface area contributed by atoms with Gasteiger partial charge in [0.15, 0.2) is 0 Å². The van der Waals surface area contributed by atoms with Gasteiger partial charge in [0.2, 0.25) is 0 Å². The molecule has 22 heavy (non-hydrogen) atoms. The highest BCUT2D eigenvalue weighted by Crippen LogP contribution is 2.18. The number of aryl methyl sites for hydroxylation is 1. The van der Waals surface area contributed by atoms with Crippen molar-refractivity contribution in [2.24, 2.45) is 0 Å². The van der Waals surface area contributed by atoms with Gasteiger partial charge < -0.3 is 9.88 Å². The number of amides is 1. The Labute approximate surface area is 136 Å². The van der Waals surface area contributed by atoms with Crippen molar-refractivity contribution in [3.63, 3.8) is 0 Å². The molecule has 2 heterocycles. The Bertz CT molecular complexity index is 795. The lowest BCUT2D eigenvalue weighted by molar-refractivity contribution is 0.102. The number of hydrogen-bond donors (Lipinski definition) is 1. The number of nitrogens with one attached hydrogen (secondary N) is 1. The molecule has 0 radical (unpaired) electrons. The Hall–Kier alpha value is -2.40. The number of nitrogens with zero attached hydrogens (tertiary/aromatic N) is 2. The van der Waals surface area contributed by atoms with Crippen molar-refractivity contribution >= 4 is 27.7 Å². The fourth-order valence-corrected chi connectivity index (χ4v) is 2.30. The second-order valence-electron chi connectivity index (χ2n) is 4.91. The Morgan fingerprint density at radius 1 is 1.18 bits per heavy atom. The molecule has 0 fully saturated rings. The predicted octanol–water partition coefficient (Wildman–Crippen LogP) is 4.20. The molecule has 0 aliphatic heterocycles. The number of halogens is 1. The lowest BCUT2D eigenvalue weighted by atomic mass is 10.2. The first-order valence-corrected chi connectivity index (χ1v) is 7.60. The zero-order chi connectivity index (χ0) is 15.5. The number of anilines is 1. The van der Waals surface area contributed by atoms with Gasteiger partial charge in [0.25, 0.3) is 5.91 Å². The Kier molecular flexibility index (Phi) is 4.06. The van der Waals surface area contributed by atoms with Crippen LogP contribution in [0.5, 0.6) is 0 Å². The van der Waals surface area contributed by atoms with Crippen molar-refractivity contribution in [1.82, 2.24) is 9.55 Å². The predicted molar refractivity (Wildman–Crippen MR) is 90.4 cm³/mol. The van der Waals surface area contributed by atoms with Crippen LogP contribution in [0.2, 0.25) is 0 Å². The van der Waals surface area contributed by atoms with E-state index in [4.69, 9.17) is 0 Å². The average Bonchev–Trinajstić information content (AvgIpc) is 3.05. The third kappa shape index (κ3) is 3.09. The van der Waals surface area contributed by atoms with Crippen LogP contribution in [0, 0.1) is 6.92 Å². The van der Waals surface area contributed by atoms with E-state index >= 15 is 0 Å². The Morgan fingerprint density at radius 3 is 2.50 bits per heavy atom. The van der Waals surface area contributed by atoms with Crippen LogP contribution in [0.3, 0.4) is 0 Å². The minimum atomic E-state index is -0.173. The molecule has 5 heteroatoms. The highest BCUT2D eigenvalue weighted by molar-refractivity contribution is 9.10. The van der Waals surface area contributed by atoms with Crippen LogP contribution in [-0.2, 0) is 0 Å². The molecular weight excluding hydrogens is 342 g/mol. The molecule has 0 aliphatic rings. The maximum absolute atomic E-state index is 12.2. The van der Waals surface area contributed by atoms with E-state index in [0.29, 0.717) is 11.4 Å². The normalized spacial score (nSPS) is 10.5. The molecule has 1 amide bonds. The number of benzene rings is 1. The number of rotatable bonds is 3. The summed E-state index contributed by atoms with van der Waals surface area (Å²) in [5.74, 6) is 0.369. The number of aromatic nitrogens is 2. The molecule has 1 N–H and O–H groups in total. The first-order valence-electron chi connectivity index (χ1n) is 6.80.